The van der Waals surface area contributed by atoms with E-state index in [-0.39, 0.29) is 22.8 Å². The van der Waals surface area contributed by atoms with Gasteiger partial charge < -0.3 is 20.1 Å². The summed E-state index contributed by atoms with van der Waals surface area (Å²) in [6.45, 7) is 2.76. The Morgan fingerprint density at radius 2 is 2.00 bits per heavy atom. The number of phenols is 2. The van der Waals surface area contributed by atoms with Crippen LogP contribution in [0.2, 0.25) is 0 Å². The quantitative estimate of drug-likeness (QED) is 0.381. The second-order valence-electron chi connectivity index (χ2n) is 3.15. The molecule has 0 heterocycles. The number of esters is 1. The van der Waals surface area contributed by atoms with Gasteiger partial charge in [0.15, 0.2) is 11.5 Å². The number of aliphatic hydroxyl groups excluding tert-OH is 1. The van der Waals surface area contributed by atoms with E-state index in [1.165, 1.54) is 26.0 Å². The monoisotopic (exact) mass is 212 g/mol. The number of aromatic hydroxyl groups is 2. The maximum Gasteiger partial charge on any atom is 0.340 e. The van der Waals surface area contributed by atoms with Crippen LogP contribution in [0.3, 0.4) is 0 Å². The van der Waals surface area contributed by atoms with Crippen LogP contribution in [0.15, 0.2) is 12.1 Å². The Hall–Kier alpha value is -1.75. The molecule has 1 atom stereocenters. The maximum absolute atomic E-state index is 11.0. The van der Waals surface area contributed by atoms with Crippen molar-refractivity contribution in [2.24, 2.45) is 0 Å². The van der Waals surface area contributed by atoms with Crippen molar-refractivity contribution in [3.05, 3.63) is 17.7 Å². The largest absolute Gasteiger partial charge is 0.504 e. The summed E-state index contributed by atoms with van der Waals surface area (Å²) in [4.78, 5) is 11.0. The van der Waals surface area contributed by atoms with Gasteiger partial charge in [0.2, 0.25) is 0 Å². The Morgan fingerprint density at radius 1 is 1.40 bits per heavy atom. The molecule has 0 bridgehead atoms. The molecule has 0 fully saturated rings. The van der Waals surface area contributed by atoms with Crippen LogP contribution in [0.4, 0.5) is 0 Å². The van der Waals surface area contributed by atoms with Gasteiger partial charge in [-0.15, -0.1) is 0 Å². The molecule has 1 unspecified atom stereocenters. The van der Waals surface area contributed by atoms with Crippen LogP contribution in [-0.2, 0) is 4.79 Å². The summed E-state index contributed by atoms with van der Waals surface area (Å²) < 4.78 is 4.78. The fourth-order valence-corrected chi connectivity index (χ4v) is 0.972. The second-order valence-corrected chi connectivity index (χ2v) is 3.15. The Morgan fingerprint density at radius 3 is 2.53 bits per heavy atom. The van der Waals surface area contributed by atoms with E-state index < -0.39 is 12.1 Å². The molecule has 1 rings (SSSR count). The summed E-state index contributed by atoms with van der Waals surface area (Å²) in [5.41, 5.74) is 0.240. The standard InChI is InChI=1S/C10H12O5/c1-5-8(15-10(14)6(2)11)4-3-7(12)9(5)13/h3-4,6,11-13H,1-2H3. The third-order valence-electron chi connectivity index (χ3n) is 1.91. The van der Waals surface area contributed by atoms with Gasteiger partial charge in [0.1, 0.15) is 11.9 Å². The average molecular weight is 212 g/mol. The van der Waals surface area contributed by atoms with Gasteiger partial charge in [0.05, 0.1) is 0 Å². The first-order valence-electron chi connectivity index (χ1n) is 4.34. The van der Waals surface area contributed by atoms with Crippen LogP contribution in [0.1, 0.15) is 12.5 Å². The van der Waals surface area contributed by atoms with E-state index >= 15 is 0 Å². The number of ether oxygens (including phenoxy) is 1. The van der Waals surface area contributed by atoms with Crippen molar-refractivity contribution in [3.8, 4) is 17.2 Å². The van der Waals surface area contributed by atoms with E-state index in [1.807, 2.05) is 0 Å². The van der Waals surface area contributed by atoms with Crippen molar-refractivity contribution in [1.29, 1.82) is 0 Å². The highest BCUT2D eigenvalue weighted by Gasteiger charge is 2.15. The molecular weight excluding hydrogens is 200 g/mol. The summed E-state index contributed by atoms with van der Waals surface area (Å²) in [7, 11) is 0. The van der Waals surface area contributed by atoms with Gasteiger partial charge in [-0.25, -0.2) is 4.79 Å². The number of hydrogen-bond donors (Lipinski definition) is 3. The topological polar surface area (TPSA) is 87.0 Å². The zero-order valence-electron chi connectivity index (χ0n) is 8.39. The van der Waals surface area contributed by atoms with E-state index in [4.69, 9.17) is 14.9 Å². The molecule has 0 aliphatic heterocycles. The summed E-state index contributed by atoms with van der Waals surface area (Å²) in [6, 6.07) is 2.54. The van der Waals surface area contributed by atoms with Crippen molar-refractivity contribution >= 4 is 5.97 Å². The first-order chi connectivity index (χ1) is 6.93. The minimum Gasteiger partial charge on any atom is -0.504 e. The van der Waals surface area contributed by atoms with Crippen molar-refractivity contribution in [2.45, 2.75) is 20.0 Å². The van der Waals surface area contributed by atoms with E-state index in [0.29, 0.717) is 0 Å². The summed E-state index contributed by atoms with van der Waals surface area (Å²) >= 11 is 0. The summed E-state index contributed by atoms with van der Waals surface area (Å²) in [5, 5.41) is 27.4. The van der Waals surface area contributed by atoms with Gasteiger partial charge in [0.25, 0.3) is 0 Å². The fourth-order valence-electron chi connectivity index (χ4n) is 0.972. The fraction of sp³-hybridized carbons (Fsp3) is 0.300. The molecule has 0 aliphatic carbocycles. The van der Waals surface area contributed by atoms with Crippen molar-refractivity contribution in [2.75, 3.05) is 0 Å². The lowest BCUT2D eigenvalue weighted by Crippen LogP contribution is -2.22. The van der Waals surface area contributed by atoms with Crippen LogP contribution >= 0.6 is 0 Å². The minimum atomic E-state index is -1.24. The first-order valence-corrected chi connectivity index (χ1v) is 4.34. The molecule has 0 aliphatic rings. The third kappa shape index (κ3) is 2.38. The summed E-state index contributed by atoms with van der Waals surface area (Å²) in [6.07, 6.45) is -1.24. The van der Waals surface area contributed by atoms with Crippen LogP contribution < -0.4 is 4.74 Å². The maximum atomic E-state index is 11.0. The predicted molar refractivity (Wildman–Crippen MR) is 51.8 cm³/mol. The van der Waals surface area contributed by atoms with Gasteiger partial charge in [-0.1, -0.05) is 0 Å². The average Bonchev–Trinajstić information content (AvgIpc) is 2.18. The Kier molecular flexibility index (Phi) is 3.16. The number of carbonyl (C=O) groups is 1. The smallest absolute Gasteiger partial charge is 0.340 e. The lowest BCUT2D eigenvalue weighted by atomic mass is 10.2. The van der Waals surface area contributed by atoms with Crippen molar-refractivity contribution < 1.29 is 24.9 Å². The normalized spacial score (nSPS) is 12.2. The molecule has 15 heavy (non-hydrogen) atoms. The highest BCUT2D eigenvalue weighted by Crippen LogP contribution is 2.34. The molecule has 5 nitrogen and oxygen atoms in total. The molecule has 0 saturated carbocycles. The van der Waals surface area contributed by atoms with Gasteiger partial charge in [-0.2, -0.15) is 0 Å². The lowest BCUT2D eigenvalue weighted by Gasteiger charge is -2.10. The predicted octanol–water partition coefficient (Wildman–Crippen LogP) is 0.692. The van der Waals surface area contributed by atoms with Gasteiger partial charge >= 0.3 is 5.97 Å². The molecule has 1 aromatic carbocycles. The summed E-state index contributed by atoms with van der Waals surface area (Å²) in [5.74, 6) is -1.34. The molecule has 82 valence electrons. The zero-order valence-corrected chi connectivity index (χ0v) is 8.39. The third-order valence-corrected chi connectivity index (χ3v) is 1.91. The first kappa shape index (κ1) is 11.3. The van der Waals surface area contributed by atoms with Crippen molar-refractivity contribution in [3.63, 3.8) is 0 Å². The molecule has 0 radical (unpaired) electrons. The van der Waals surface area contributed by atoms with Crippen LogP contribution in [0.25, 0.3) is 0 Å². The zero-order chi connectivity index (χ0) is 11.6. The molecular formula is C10H12O5. The van der Waals surface area contributed by atoms with Crippen LogP contribution in [0.5, 0.6) is 17.2 Å². The molecule has 0 spiro atoms. The number of aliphatic hydroxyl groups is 1. The van der Waals surface area contributed by atoms with E-state index in [2.05, 4.69) is 0 Å². The molecule has 5 heteroatoms. The molecule has 0 amide bonds. The van der Waals surface area contributed by atoms with Gasteiger partial charge in [-0.3, -0.25) is 0 Å². The molecule has 1 aromatic rings. The van der Waals surface area contributed by atoms with Crippen molar-refractivity contribution in [1.82, 2.24) is 0 Å². The van der Waals surface area contributed by atoms with E-state index in [9.17, 15) is 9.90 Å². The highest BCUT2D eigenvalue weighted by atomic mass is 16.5. The van der Waals surface area contributed by atoms with Crippen LogP contribution in [-0.4, -0.2) is 27.4 Å². The molecule has 3 N–H and O–H groups in total. The van der Waals surface area contributed by atoms with Crippen LogP contribution in [0, 0.1) is 6.92 Å². The number of carbonyl (C=O) groups excluding carboxylic acids is 1. The Balaban J connectivity index is 2.97. The Bertz CT molecular complexity index is 384. The molecule has 0 aromatic heterocycles. The molecule has 0 saturated heterocycles. The second kappa shape index (κ2) is 4.18. The number of benzene rings is 1. The lowest BCUT2D eigenvalue weighted by molar-refractivity contribution is -0.142. The van der Waals surface area contributed by atoms with Gasteiger partial charge in [-0.05, 0) is 26.0 Å². The van der Waals surface area contributed by atoms with E-state index in [1.54, 1.807) is 0 Å². The minimum absolute atomic E-state index is 0.108. The Labute approximate surface area is 86.5 Å². The number of rotatable bonds is 2. The van der Waals surface area contributed by atoms with Gasteiger partial charge in [0, 0.05) is 5.56 Å². The highest BCUT2D eigenvalue weighted by molar-refractivity contribution is 5.77. The van der Waals surface area contributed by atoms with E-state index in [0.717, 1.165) is 0 Å². The number of hydrogen-bond acceptors (Lipinski definition) is 5. The number of phenolic OH excluding ortho intramolecular Hbond substituents is 2. The SMILES string of the molecule is Cc1c(OC(=O)C(C)O)ccc(O)c1O.